The van der Waals surface area contributed by atoms with E-state index in [-0.39, 0.29) is 24.8 Å². The number of nitrogens with one attached hydrogen (secondary N) is 2. The van der Waals surface area contributed by atoms with E-state index in [4.69, 9.17) is 5.73 Å². The van der Waals surface area contributed by atoms with E-state index in [1.807, 2.05) is 0 Å². The van der Waals surface area contributed by atoms with Gasteiger partial charge in [-0.3, -0.25) is 9.59 Å². The Morgan fingerprint density at radius 1 is 1.43 bits per heavy atom. The zero-order valence-corrected chi connectivity index (χ0v) is 12.1. The summed E-state index contributed by atoms with van der Waals surface area (Å²) in [5.74, 6) is -0.317. The first-order valence-corrected chi connectivity index (χ1v) is 7.54. The van der Waals surface area contributed by atoms with Crippen molar-refractivity contribution in [2.24, 2.45) is 0 Å². The highest BCUT2D eigenvalue weighted by Crippen LogP contribution is 2.31. The van der Waals surface area contributed by atoms with Crippen LogP contribution >= 0.6 is 11.3 Å². The molecule has 0 unspecified atom stereocenters. The fourth-order valence-electron chi connectivity index (χ4n) is 1.94. The van der Waals surface area contributed by atoms with Crippen molar-refractivity contribution >= 4 is 39.1 Å². The Morgan fingerprint density at radius 3 is 2.95 bits per heavy atom. The molecule has 8 heteroatoms. The zero-order chi connectivity index (χ0) is 14.8. The summed E-state index contributed by atoms with van der Waals surface area (Å²) < 4.78 is 0. The van der Waals surface area contributed by atoms with E-state index >= 15 is 0 Å². The van der Waals surface area contributed by atoms with Crippen LogP contribution in [-0.2, 0) is 4.79 Å². The number of thiophene rings is 1. The minimum atomic E-state index is -0.283. The topological polar surface area (TPSA) is 110 Å². The van der Waals surface area contributed by atoms with Gasteiger partial charge in [0.05, 0.1) is 11.9 Å². The van der Waals surface area contributed by atoms with Gasteiger partial charge in [0.25, 0.3) is 5.91 Å². The van der Waals surface area contributed by atoms with Gasteiger partial charge in [-0.25, -0.2) is 0 Å². The number of fused-ring (bicyclic) bond motifs is 1. The Labute approximate surface area is 124 Å². The minimum absolute atomic E-state index is 0.0343. The SMILES string of the molecule is Nc1c(C(=O)NCCC(=O)NC2CC2)sc2nnccc12. The van der Waals surface area contributed by atoms with Crippen LogP contribution in [0.1, 0.15) is 28.9 Å². The van der Waals surface area contributed by atoms with Crippen LogP contribution in [0.2, 0.25) is 0 Å². The van der Waals surface area contributed by atoms with Gasteiger partial charge in [0.1, 0.15) is 9.71 Å². The maximum Gasteiger partial charge on any atom is 0.263 e. The molecule has 2 aromatic heterocycles. The molecule has 0 spiro atoms. The normalized spacial score (nSPS) is 14.1. The molecule has 0 aliphatic heterocycles. The maximum absolute atomic E-state index is 12.1. The second-order valence-corrected chi connectivity index (χ2v) is 5.94. The van der Waals surface area contributed by atoms with Crippen LogP contribution in [0.3, 0.4) is 0 Å². The quantitative estimate of drug-likeness (QED) is 0.752. The average molecular weight is 305 g/mol. The van der Waals surface area contributed by atoms with Crippen molar-refractivity contribution in [3.63, 3.8) is 0 Å². The highest BCUT2D eigenvalue weighted by Gasteiger charge is 2.23. The lowest BCUT2D eigenvalue weighted by atomic mass is 10.3. The number of hydrogen-bond acceptors (Lipinski definition) is 6. The fourth-order valence-corrected chi connectivity index (χ4v) is 2.89. The van der Waals surface area contributed by atoms with Gasteiger partial charge in [0, 0.05) is 24.4 Å². The number of nitrogen functional groups attached to an aromatic ring is 1. The number of nitrogens with zero attached hydrogens (tertiary/aromatic N) is 2. The Balaban J connectivity index is 1.58. The summed E-state index contributed by atoms with van der Waals surface area (Å²) >= 11 is 1.20. The van der Waals surface area contributed by atoms with Crippen LogP contribution in [0, 0.1) is 0 Å². The standard InChI is InChI=1S/C13H15N5O2S/c14-10-8-3-6-16-18-13(8)21-11(10)12(20)15-5-4-9(19)17-7-1-2-7/h3,6-7H,1-2,4-5,14H2,(H,15,20)(H,17,19). The molecule has 3 rings (SSSR count). The van der Waals surface area contributed by atoms with Crippen molar-refractivity contribution in [3.8, 4) is 0 Å². The van der Waals surface area contributed by atoms with Gasteiger partial charge < -0.3 is 16.4 Å². The molecular formula is C13H15N5O2S. The number of carbonyl (C=O) groups is 2. The Bertz CT molecular complexity index is 695. The molecule has 7 nitrogen and oxygen atoms in total. The lowest BCUT2D eigenvalue weighted by Crippen LogP contribution is -2.31. The highest BCUT2D eigenvalue weighted by atomic mass is 32.1. The number of hydrogen-bond donors (Lipinski definition) is 3. The molecule has 110 valence electrons. The molecule has 2 amide bonds. The highest BCUT2D eigenvalue weighted by molar-refractivity contribution is 7.21. The summed E-state index contributed by atoms with van der Waals surface area (Å²) in [5.41, 5.74) is 6.36. The molecule has 2 heterocycles. The van der Waals surface area contributed by atoms with E-state index in [0.717, 1.165) is 18.2 Å². The number of amides is 2. The molecule has 0 saturated heterocycles. The largest absolute Gasteiger partial charge is 0.397 e. The van der Waals surface area contributed by atoms with Gasteiger partial charge in [0.2, 0.25) is 5.91 Å². The lowest BCUT2D eigenvalue weighted by Gasteiger charge is -2.05. The first-order chi connectivity index (χ1) is 10.1. The van der Waals surface area contributed by atoms with Crippen LogP contribution < -0.4 is 16.4 Å². The average Bonchev–Trinajstić information content (AvgIpc) is 3.21. The summed E-state index contributed by atoms with van der Waals surface area (Å²) in [5, 5.41) is 14.0. The Hall–Kier alpha value is -2.22. The first kappa shape index (κ1) is 13.7. The maximum atomic E-state index is 12.1. The number of carbonyl (C=O) groups excluding carboxylic acids is 2. The smallest absolute Gasteiger partial charge is 0.263 e. The van der Waals surface area contributed by atoms with Crippen molar-refractivity contribution in [2.45, 2.75) is 25.3 Å². The van der Waals surface area contributed by atoms with Crippen molar-refractivity contribution in [1.29, 1.82) is 0 Å². The number of nitrogens with two attached hydrogens (primary N) is 1. The molecule has 0 bridgehead atoms. The summed E-state index contributed by atoms with van der Waals surface area (Å²) in [6.45, 7) is 0.288. The predicted molar refractivity (Wildman–Crippen MR) is 79.9 cm³/mol. The van der Waals surface area contributed by atoms with Crippen LogP contribution in [0.15, 0.2) is 12.3 Å². The summed E-state index contributed by atoms with van der Waals surface area (Å²) in [6.07, 6.45) is 3.91. The van der Waals surface area contributed by atoms with Gasteiger partial charge in [0.15, 0.2) is 0 Å². The van der Waals surface area contributed by atoms with Crippen molar-refractivity contribution in [2.75, 3.05) is 12.3 Å². The molecular weight excluding hydrogens is 290 g/mol. The van der Waals surface area contributed by atoms with Crippen LogP contribution in [0.5, 0.6) is 0 Å². The van der Waals surface area contributed by atoms with Crippen LogP contribution in [-0.4, -0.2) is 34.6 Å². The third-order valence-corrected chi connectivity index (χ3v) is 4.31. The summed E-state index contributed by atoms with van der Waals surface area (Å²) in [6, 6.07) is 2.07. The van der Waals surface area contributed by atoms with Crippen LogP contribution in [0.25, 0.3) is 10.2 Å². The predicted octanol–water partition coefficient (Wildman–Crippen LogP) is 0.672. The van der Waals surface area contributed by atoms with E-state index < -0.39 is 0 Å². The summed E-state index contributed by atoms with van der Waals surface area (Å²) in [7, 11) is 0. The molecule has 1 saturated carbocycles. The lowest BCUT2D eigenvalue weighted by molar-refractivity contribution is -0.121. The second kappa shape index (κ2) is 5.65. The molecule has 0 atom stereocenters. The van der Waals surface area contributed by atoms with E-state index in [9.17, 15) is 9.59 Å². The van der Waals surface area contributed by atoms with Crippen molar-refractivity contribution in [3.05, 3.63) is 17.1 Å². The molecule has 4 N–H and O–H groups in total. The number of rotatable bonds is 5. The third-order valence-electron chi connectivity index (χ3n) is 3.21. The Kier molecular flexibility index (Phi) is 3.70. The first-order valence-electron chi connectivity index (χ1n) is 6.72. The molecule has 2 aromatic rings. The molecule has 21 heavy (non-hydrogen) atoms. The van der Waals surface area contributed by atoms with Gasteiger partial charge in [-0.2, -0.15) is 5.10 Å². The fraction of sp³-hybridized carbons (Fsp3) is 0.385. The third kappa shape index (κ3) is 3.10. The van der Waals surface area contributed by atoms with E-state index in [1.165, 1.54) is 17.5 Å². The number of anilines is 1. The molecule has 1 aliphatic carbocycles. The van der Waals surface area contributed by atoms with E-state index in [2.05, 4.69) is 20.8 Å². The van der Waals surface area contributed by atoms with Gasteiger partial charge >= 0.3 is 0 Å². The van der Waals surface area contributed by atoms with Gasteiger partial charge in [-0.15, -0.1) is 16.4 Å². The zero-order valence-electron chi connectivity index (χ0n) is 11.3. The van der Waals surface area contributed by atoms with Gasteiger partial charge in [-0.1, -0.05) is 0 Å². The van der Waals surface area contributed by atoms with Crippen molar-refractivity contribution in [1.82, 2.24) is 20.8 Å². The van der Waals surface area contributed by atoms with E-state index in [1.54, 1.807) is 6.07 Å². The Morgan fingerprint density at radius 2 is 2.24 bits per heavy atom. The number of aromatic nitrogens is 2. The second-order valence-electron chi connectivity index (χ2n) is 4.94. The molecule has 0 aromatic carbocycles. The minimum Gasteiger partial charge on any atom is -0.397 e. The van der Waals surface area contributed by atoms with Crippen LogP contribution in [0.4, 0.5) is 5.69 Å². The monoisotopic (exact) mass is 305 g/mol. The summed E-state index contributed by atoms with van der Waals surface area (Å²) in [4.78, 5) is 24.6. The van der Waals surface area contributed by atoms with Crippen molar-refractivity contribution < 1.29 is 9.59 Å². The molecule has 1 aliphatic rings. The molecule has 1 fully saturated rings. The molecule has 0 radical (unpaired) electrons. The van der Waals surface area contributed by atoms with Gasteiger partial charge in [-0.05, 0) is 18.9 Å². The van der Waals surface area contributed by atoms with E-state index in [0.29, 0.717) is 21.4 Å².